The first-order valence-corrected chi connectivity index (χ1v) is 7.86. The zero-order valence-corrected chi connectivity index (χ0v) is 14.1. The second-order valence-corrected chi connectivity index (χ2v) is 6.20. The summed E-state index contributed by atoms with van der Waals surface area (Å²) >= 11 is 0. The van der Waals surface area contributed by atoms with Crippen LogP contribution in [0.3, 0.4) is 0 Å². The predicted octanol–water partition coefficient (Wildman–Crippen LogP) is 1.77. The number of nitrogens with zero attached hydrogens (tertiary/aromatic N) is 2. The fourth-order valence-corrected chi connectivity index (χ4v) is 2.88. The number of amides is 2. The lowest BCUT2D eigenvalue weighted by Crippen LogP contribution is -2.34. The van der Waals surface area contributed by atoms with E-state index in [1.165, 1.54) is 6.92 Å². The smallest absolute Gasteiger partial charge is 0.276 e. The van der Waals surface area contributed by atoms with E-state index in [0.717, 1.165) is 22.4 Å². The molecule has 3 rings (SSSR count). The Morgan fingerprint density at radius 3 is 2.71 bits per heavy atom. The molecule has 1 aromatic heterocycles. The Morgan fingerprint density at radius 2 is 2.00 bits per heavy atom. The van der Waals surface area contributed by atoms with E-state index < -0.39 is 0 Å². The number of carbonyl (C=O) groups is 2. The van der Waals surface area contributed by atoms with Crippen LogP contribution in [-0.2, 0) is 17.8 Å². The van der Waals surface area contributed by atoms with Crippen LogP contribution in [0, 0.1) is 13.8 Å². The van der Waals surface area contributed by atoms with Gasteiger partial charge in [0.2, 0.25) is 5.91 Å². The molecule has 0 unspecified atom stereocenters. The van der Waals surface area contributed by atoms with Crippen LogP contribution in [0.15, 0.2) is 12.1 Å². The van der Waals surface area contributed by atoms with Gasteiger partial charge in [-0.3, -0.25) is 14.7 Å². The summed E-state index contributed by atoms with van der Waals surface area (Å²) in [5.41, 5.74) is 11.2. The predicted molar refractivity (Wildman–Crippen MR) is 91.7 cm³/mol. The van der Waals surface area contributed by atoms with Crippen LogP contribution in [0.25, 0.3) is 0 Å². The van der Waals surface area contributed by atoms with Crippen LogP contribution in [-0.4, -0.2) is 33.5 Å². The Kier molecular flexibility index (Phi) is 4.01. The molecule has 1 aromatic carbocycles. The fourth-order valence-electron chi connectivity index (χ4n) is 2.88. The number of aromatic amines is 1. The zero-order chi connectivity index (χ0) is 17.4. The van der Waals surface area contributed by atoms with E-state index in [1.54, 1.807) is 4.90 Å². The normalized spacial score (nSPS) is 13.5. The minimum Gasteiger partial charge on any atom is -0.397 e. The Labute approximate surface area is 140 Å². The molecule has 1 aliphatic heterocycles. The lowest BCUT2D eigenvalue weighted by molar-refractivity contribution is -0.129. The molecule has 7 nitrogen and oxygen atoms in total. The Bertz CT molecular complexity index is 825. The van der Waals surface area contributed by atoms with Crippen molar-refractivity contribution in [3.63, 3.8) is 0 Å². The van der Waals surface area contributed by atoms with E-state index in [9.17, 15) is 9.59 Å². The van der Waals surface area contributed by atoms with Crippen LogP contribution in [0.1, 0.15) is 39.8 Å². The number of aryl methyl sites for hydroxylation is 2. The summed E-state index contributed by atoms with van der Waals surface area (Å²) in [7, 11) is 0. The number of rotatable bonds is 2. The lowest BCUT2D eigenvalue weighted by Gasteiger charge is -2.25. The number of nitrogen functional groups attached to an aromatic ring is 1. The lowest BCUT2D eigenvalue weighted by atomic mass is 10.0. The first kappa shape index (κ1) is 16.0. The maximum absolute atomic E-state index is 12.6. The first-order valence-electron chi connectivity index (χ1n) is 7.86. The molecular weight excluding hydrogens is 306 g/mol. The first-order chi connectivity index (χ1) is 11.4. The summed E-state index contributed by atoms with van der Waals surface area (Å²) in [5, 5.41) is 9.87. The van der Waals surface area contributed by atoms with E-state index in [4.69, 9.17) is 5.73 Å². The number of hydrogen-bond donors (Lipinski definition) is 3. The molecular formula is C17H21N5O2. The largest absolute Gasteiger partial charge is 0.397 e. The maximum atomic E-state index is 12.6. The molecule has 2 amide bonds. The fraction of sp³-hybridized carbons (Fsp3) is 0.353. The Hall–Kier alpha value is -2.83. The average Bonchev–Trinajstić information content (AvgIpc) is 2.95. The highest BCUT2D eigenvalue weighted by Gasteiger charge is 2.26. The van der Waals surface area contributed by atoms with Crippen molar-refractivity contribution >= 4 is 23.2 Å². The van der Waals surface area contributed by atoms with Gasteiger partial charge < -0.3 is 16.0 Å². The molecule has 0 saturated carbocycles. The molecule has 0 atom stereocenters. The van der Waals surface area contributed by atoms with Gasteiger partial charge in [0.25, 0.3) is 5.91 Å². The van der Waals surface area contributed by atoms with Crippen molar-refractivity contribution in [1.29, 1.82) is 0 Å². The minimum atomic E-state index is -0.326. The SMILES string of the molecule is CC(=O)N1CCc2[nH]nc(C(=O)Nc3cc(C)c(C)cc3N)c2C1. The van der Waals surface area contributed by atoms with Crippen molar-refractivity contribution in [3.8, 4) is 0 Å². The highest BCUT2D eigenvalue weighted by Crippen LogP contribution is 2.25. The number of benzene rings is 1. The molecule has 0 saturated heterocycles. The molecule has 2 heterocycles. The third-order valence-electron chi connectivity index (χ3n) is 4.51. The third-order valence-corrected chi connectivity index (χ3v) is 4.51. The van der Waals surface area contributed by atoms with Gasteiger partial charge in [-0.25, -0.2) is 0 Å². The van der Waals surface area contributed by atoms with Gasteiger partial charge in [-0.2, -0.15) is 5.10 Å². The highest BCUT2D eigenvalue weighted by molar-refractivity contribution is 6.05. The topological polar surface area (TPSA) is 104 Å². The van der Waals surface area contributed by atoms with E-state index in [2.05, 4.69) is 15.5 Å². The van der Waals surface area contributed by atoms with Crippen LogP contribution < -0.4 is 11.1 Å². The number of nitrogens with two attached hydrogens (primary N) is 1. The van der Waals surface area contributed by atoms with Crippen molar-refractivity contribution in [3.05, 3.63) is 40.2 Å². The summed E-state index contributed by atoms with van der Waals surface area (Å²) in [4.78, 5) is 25.9. The number of carbonyl (C=O) groups excluding carboxylic acids is 2. The number of fused-ring (bicyclic) bond motifs is 1. The molecule has 4 N–H and O–H groups in total. The third kappa shape index (κ3) is 2.84. The molecule has 126 valence electrons. The standard InChI is InChI=1S/C17H21N5O2/c1-9-6-13(18)15(7-10(9)2)19-17(24)16-12-8-22(11(3)23)5-4-14(12)20-21-16/h6-7H,4-5,8,18H2,1-3H3,(H,19,24)(H,20,21). The second kappa shape index (κ2) is 5.99. The van der Waals surface area contributed by atoms with Gasteiger partial charge in [0.1, 0.15) is 0 Å². The molecule has 0 radical (unpaired) electrons. The van der Waals surface area contributed by atoms with E-state index in [-0.39, 0.29) is 11.8 Å². The van der Waals surface area contributed by atoms with Gasteiger partial charge in [0.05, 0.1) is 11.4 Å². The van der Waals surface area contributed by atoms with Crippen LogP contribution in [0.2, 0.25) is 0 Å². The van der Waals surface area contributed by atoms with E-state index in [0.29, 0.717) is 36.6 Å². The summed E-state index contributed by atoms with van der Waals surface area (Å²) in [6, 6.07) is 3.69. The quantitative estimate of drug-likeness (QED) is 0.731. The van der Waals surface area contributed by atoms with Gasteiger partial charge in [-0.05, 0) is 37.1 Å². The van der Waals surface area contributed by atoms with Gasteiger partial charge in [-0.1, -0.05) is 0 Å². The van der Waals surface area contributed by atoms with E-state index >= 15 is 0 Å². The summed E-state index contributed by atoms with van der Waals surface area (Å²) in [6.45, 7) is 6.49. The average molecular weight is 327 g/mol. The van der Waals surface area contributed by atoms with Gasteiger partial charge in [0, 0.05) is 37.7 Å². The minimum absolute atomic E-state index is 0.00777. The number of nitrogens with one attached hydrogen (secondary N) is 2. The van der Waals surface area contributed by atoms with E-state index in [1.807, 2.05) is 26.0 Å². The van der Waals surface area contributed by atoms with Crippen molar-refractivity contribution in [2.24, 2.45) is 0 Å². The molecule has 7 heteroatoms. The van der Waals surface area contributed by atoms with Gasteiger partial charge >= 0.3 is 0 Å². The van der Waals surface area contributed by atoms with Gasteiger partial charge in [0.15, 0.2) is 5.69 Å². The van der Waals surface area contributed by atoms with Crippen molar-refractivity contribution in [1.82, 2.24) is 15.1 Å². The van der Waals surface area contributed by atoms with Crippen LogP contribution in [0.4, 0.5) is 11.4 Å². The number of H-pyrrole nitrogens is 1. The molecule has 2 aromatic rings. The number of aromatic nitrogens is 2. The summed E-state index contributed by atoms with van der Waals surface area (Å²) < 4.78 is 0. The van der Waals surface area contributed by atoms with Crippen LogP contribution in [0.5, 0.6) is 0 Å². The summed E-state index contributed by atoms with van der Waals surface area (Å²) in [6.07, 6.45) is 0.668. The molecule has 0 spiro atoms. The Balaban J connectivity index is 1.86. The molecule has 24 heavy (non-hydrogen) atoms. The van der Waals surface area contributed by atoms with Crippen molar-refractivity contribution < 1.29 is 9.59 Å². The summed E-state index contributed by atoms with van der Waals surface area (Å²) in [5.74, 6) is -0.334. The maximum Gasteiger partial charge on any atom is 0.276 e. The molecule has 0 fully saturated rings. The second-order valence-electron chi connectivity index (χ2n) is 6.20. The highest BCUT2D eigenvalue weighted by atomic mass is 16.2. The van der Waals surface area contributed by atoms with Crippen molar-refractivity contribution in [2.45, 2.75) is 33.7 Å². The van der Waals surface area contributed by atoms with Gasteiger partial charge in [-0.15, -0.1) is 0 Å². The zero-order valence-electron chi connectivity index (χ0n) is 14.1. The van der Waals surface area contributed by atoms with Crippen LogP contribution >= 0.6 is 0 Å². The number of anilines is 2. The molecule has 0 bridgehead atoms. The monoisotopic (exact) mass is 327 g/mol. The number of hydrogen-bond acceptors (Lipinski definition) is 4. The van der Waals surface area contributed by atoms with Crippen molar-refractivity contribution in [2.75, 3.05) is 17.6 Å². The molecule has 1 aliphatic rings. The molecule has 0 aliphatic carbocycles. The Morgan fingerprint density at radius 1 is 1.29 bits per heavy atom.